The summed E-state index contributed by atoms with van der Waals surface area (Å²) in [5.74, 6) is 0.290. The lowest BCUT2D eigenvalue weighted by Gasteiger charge is -2.23. The zero-order valence-electron chi connectivity index (χ0n) is 21.4. The Hall–Kier alpha value is -3.59. The summed E-state index contributed by atoms with van der Waals surface area (Å²) in [7, 11) is 0. The number of nitrogens with zero attached hydrogens (tertiary/aromatic N) is 2. The lowest BCUT2D eigenvalue weighted by Crippen LogP contribution is -2.37. The highest BCUT2D eigenvalue weighted by molar-refractivity contribution is 6.35. The van der Waals surface area contributed by atoms with Gasteiger partial charge in [0.05, 0.1) is 27.7 Å². The number of ether oxygens (including phenoxy) is 1. The first-order chi connectivity index (χ1) is 17.5. The van der Waals surface area contributed by atoms with Crippen molar-refractivity contribution in [2.75, 3.05) is 5.32 Å². The molecule has 3 N–H and O–H groups in total. The molecule has 196 valence electrons. The number of amides is 3. The Kier molecular flexibility index (Phi) is 7.73. The van der Waals surface area contributed by atoms with Gasteiger partial charge in [-0.25, -0.2) is 14.6 Å². The van der Waals surface area contributed by atoms with E-state index < -0.39 is 23.3 Å². The molecule has 3 aromatic rings. The number of carbonyl (C=O) groups excluding carboxylic acids is 2. The predicted molar refractivity (Wildman–Crippen MR) is 145 cm³/mol. The molecule has 4 rings (SSSR count). The SMILES string of the molecule is C[C@H](NC(=O)OC(C)(C)C)c1nc2cccc(Cl)c2c(=O)n1-c1cccc(NC(=O)NC2CCCC2)c1. The third-order valence-corrected chi connectivity index (χ3v) is 6.36. The molecule has 1 aliphatic rings. The molecule has 1 aromatic heterocycles. The van der Waals surface area contributed by atoms with Crippen LogP contribution in [0.5, 0.6) is 0 Å². The van der Waals surface area contributed by atoms with E-state index >= 15 is 0 Å². The van der Waals surface area contributed by atoms with Crippen LogP contribution in [0, 0.1) is 0 Å². The van der Waals surface area contributed by atoms with Crippen LogP contribution in [0.2, 0.25) is 5.02 Å². The summed E-state index contributed by atoms with van der Waals surface area (Å²) < 4.78 is 6.79. The molecule has 2 aromatic carbocycles. The van der Waals surface area contributed by atoms with Crippen molar-refractivity contribution in [2.24, 2.45) is 0 Å². The van der Waals surface area contributed by atoms with Crippen LogP contribution >= 0.6 is 11.6 Å². The van der Waals surface area contributed by atoms with Gasteiger partial charge in [-0.05, 0) is 70.9 Å². The highest BCUT2D eigenvalue weighted by Crippen LogP contribution is 2.24. The van der Waals surface area contributed by atoms with E-state index in [0.717, 1.165) is 25.7 Å². The minimum absolute atomic E-state index is 0.170. The lowest BCUT2D eigenvalue weighted by molar-refractivity contribution is 0.0505. The maximum Gasteiger partial charge on any atom is 0.408 e. The maximum atomic E-state index is 13.7. The molecule has 10 heteroatoms. The molecule has 1 fully saturated rings. The van der Waals surface area contributed by atoms with Crippen molar-refractivity contribution in [3.05, 3.63) is 63.7 Å². The van der Waals surface area contributed by atoms with Gasteiger partial charge in [0, 0.05) is 11.7 Å². The Morgan fingerprint density at radius 1 is 1.14 bits per heavy atom. The van der Waals surface area contributed by atoms with E-state index in [0.29, 0.717) is 16.9 Å². The van der Waals surface area contributed by atoms with E-state index in [9.17, 15) is 14.4 Å². The van der Waals surface area contributed by atoms with Crippen molar-refractivity contribution in [3.8, 4) is 5.69 Å². The smallest absolute Gasteiger partial charge is 0.408 e. The van der Waals surface area contributed by atoms with Crippen LogP contribution in [-0.4, -0.2) is 33.3 Å². The molecular weight excluding hydrogens is 494 g/mol. The highest BCUT2D eigenvalue weighted by Gasteiger charge is 2.24. The van der Waals surface area contributed by atoms with E-state index in [4.69, 9.17) is 21.3 Å². The Labute approximate surface area is 220 Å². The molecule has 0 spiro atoms. The monoisotopic (exact) mass is 525 g/mol. The number of hydrogen-bond acceptors (Lipinski definition) is 5. The topological polar surface area (TPSA) is 114 Å². The van der Waals surface area contributed by atoms with E-state index in [1.807, 2.05) is 0 Å². The van der Waals surface area contributed by atoms with Crippen molar-refractivity contribution in [1.82, 2.24) is 20.2 Å². The highest BCUT2D eigenvalue weighted by atomic mass is 35.5. The van der Waals surface area contributed by atoms with Crippen molar-refractivity contribution >= 4 is 40.3 Å². The first-order valence-corrected chi connectivity index (χ1v) is 12.8. The van der Waals surface area contributed by atoms with Crippen molar-refractivity contribution in [1.29, 1.82) is 0 Å². The molecule has 0 saturated heterocycles. The largest absolute Gasteiger partial charge is 0.444 e. The molecule has 1 aliphatic carbocycles. The van der Waals surface area contributed by atoms with Crippen LogP contribution in [-0.2, 0) is 4.74 Å². The predicted octanol–water partition coefficient (Wildman–Crippen LogP) is 5.69. The van der Waals surface area contributed by atoms with Gasteiger partial charge in [0.15, 0.2) is 0 Å². The van der Waals surface area contributed by atoms with Gasteiger partial charge in [-0.3, -0.25) is 9.36 Å². The van der Waals surface area contributed by atoms with Crippen molar-refractivity contribution < 1.29 is 14.3 Å². The number of urea groups is 1. The standard InChI is InChI=1S/C27H32ClN5O4/c1-16(29-26(36)37-27(2,3)4)23-32-21-14-8-13-20(28)22(21)24(34)33(23)19-12-7-11-18(15-19)31-25(35)30-17-9-5-6-10-17/h7-8,11-17H,5-6,9-10H2,1-4H3,(H,29,36)(H2,30,31,35)/t16-/m0/s1. The maximum absolute atomic E-state index is 13.7. The van der Waals surface area contributed by atoms with E-state index in [1.54, 1.807) is 70.2 Å². The summed E-state index contributed by atoms with van der Waals surface area (Å²) in [6.45, 7) is 7.02. The second-order valence-electron chi connectivity index (χ2n) is 10.2. The summed E-state index contributed by atoms with van der Waals surface area (Å²) in [6.07, 6.45) is 3.53. The van der Waals surface area contributed by atoms with Crippen LogP contribution in [0.25, 0.3) is 16.6 Å². The average molecular weight is 526 g/mol. The second-order valence-corrected chi connectivity index (χ2v) is 10.6. The normalized spacial score (nSPS) is 14.8. The minimum Gasteiger partial charge on any atom is -0.444 e. The number of benzene rings is 2. The first kappa shape index (κ1) is 26.5. The van der Waals surface area contributed by atoms with Gasteiger partial charge in [0.25, 0.3) is 5.56 Å². The number of nitrogens with one attached hydrogen (secondary N) is 3. The molecule has 1 atom stereocenters. The number of rotatable bonds is 5. The van der Waals surface area contributed by atoms with Crippen LogP contribution in [0.4, 0.5) is 15.3 Å². The summed E-state index contributed by atoms with van der Waals surface area (Å²) in [6, 6.07) is 11.1. The molecule has 0 unspecified atom stereocenters. The second kappa shape index (κ2) is 10.8. The fourth-order valence-electron chi connectivity index (χ4n) is 4.44. The third kappa shape index (κ3) is 6.40. The Morgan fingerprint density at radius 2 is 1.84 bits per heavy atom. The average Bonchev–Trinajstić information content (AvgIpc) is 3.30. The van der Waals surface area contributed by atoms with Gasteiger partial charge < -0.3 is 20.7 Å². The van der Waals surface area contributed by atoms with Gasteiger partial charge in [-0.2, -0.15) is 0 Å². The molecule has 1 heterocycles. The molecule has 37 heavy (non-hydrogen) atoms. The number of fused-ring (bicyclic) bond motifs is 1. The first-order valence-electron chi connectivity index (χ1n) is 12.4. The van der Waals surface area contributed by atoms with Gasteiger partial charge in [0.2, 0.25) is 0 Å². The molecule has 0 radical (unpaired) electrons. The van der Waals surface area contributed by atoms with Crippen LogP contribution in [0.3, 0.4) is 0 Å². The van der Waals surface area contributed by atoms with Crippen LogP contribution in [0.1, 0.15) is 65.2 Å². The van der Waals surface area contributed by atoms with Gasteiger partial charge in [-0.1, -0.05) is 36.6 Å². The molecule has 0 aliphatic heterocycles. The van der Waals surface area contributed by atoms with Crippen molar-refractivity contribution in [2.45, 2.75) is 71.1 Å². The number of hydrogen-bond donors (Lipinski definition) is 3. The van der Waals surface area contributed by atoms with E-state index in [1.165, 1.54) is 4.57 Å². The Balaban J connectivity index is 1.72. The molecular formula is C27H32ClN5O4. The quantitative estimate of drug-likeness (QED) is 0.396. The number of anilines is 1. The summed E-state index contributed by atoms with van der Waals surface area (Å²) >= 11 is 6.38. The van der Waals surface area contributed by atoms with Gasteiger partial charge in [-0.15, -0.1) is 0 Å². The van der Waals surface area contributed by atoms with E-state index in [2.05, 4.69) is 16.0 Å². The number of halogens is 1. The number of aromatic nitrogens is 2. The fraction of sp³-hybridized carbons (Fsp3) is 0.407. The number of carbonyl (C=O) groups is 2. The zero-order chi connectivity index (χ0) is 26.7. The Morgan fingerprint density at radius 3 is 2.54 bits per heavy atom. The zero-order valence-corrected chi connectivity index (χ0v) is 22.2. The van der Waals surface area contributed by atoms with E-state index in [-0.39, 0.29) is 28.3 Å². The molecule has 3 amide bonds. The third-order valence-electron chi connectivity index (χ3n) is 6.05. The summed E-state index contributed by atoms with van der Waals surface area (Å²) in [5, 5.41) is 9.13. The van der Waals surface area contributed by atoms with Crippen LogP contribution in [0.15, 0.2) is 47.3 Å². The molecule has 0 bridgehead atoms. The fourth-order valence-corrected chi connectivity index (χ4v) is 4.69. The van der Waals surface area contributed by atoms with Crippen molar-refractivity contribution in [3.63, 3.8) is 0 Å². The number of alkyl carbamates (subject to hydrolysis) is 1. The summed E-state index contributed by atoms with van der Waals surface area (Å²) in [5.41, 5.74) is 0.304. The Bertz CT molecular complexity index is 1380. The van der Waals surface area contributed by atoms with Crippen LogP contribution < -0.4 is 21.5 Å². The van der Waals surface area contributed by atoms with Gasteiger partial charge in [0.1, 0.15) is 11.4 Å². The van der Waals surface area contributed by atoms with Gasteiger partial charge >= 0.3 is 12.1 Å². The molecule has 1 saturated carbocycles. The minimum atomic E-state index is -0.688. The summed E-state index contributed by atoms with van der Waals surface area (Å²) in [4.78, 5) is 43.5. The molecule has 9 nitrogen and oxygen atoms in total. The lowest BCUT2D eigenvalue weighted by atomic mass is 10.2.